The van der Waals surface area contributed by atoms with Gasteiger partial charge in [-0.25, -0.2) is 0 Å². The van der Waals surface area contributed by atoms with E-state index in [0.29, 0.717) is 28.2 Å². The van der Waals surface area contributed by atoms with Gasteiger partial charge in [-0.3, -0.25) is 0 Å². The largest absolute Gasteiger partial charge is 0.492 e. The summed E-state index contributed by atoms with van der Waals surface area (Å²) in [6, 6.07) is 11.2. The van der Waals surface area contributed by atoms with Gasteiger partial charge in [0.15, 0.2) is 0 Å². The van der Waals surface area contributed by atoms with Gasteiger partial charge in [0.25, 0.3) is 0 Å². The Labute approximate surface area is 140 Å². The molecule has 1 N–H and O–H groups in total. The summed E-state index contributed by atoms with van der Waals surface area (Å²) in [5.74, 6) is 0.719. The van der Waals surface area contributed by atoms with Crippen molar-refractivity contribution in [1.82, 2.24) is 0 Å². The molecule has 112 valence electrons. The van der Waals surface area contributed by atoms with E-state index >= 15 is 0 Å². The molecule has 0 saturated carbocycles. The minimum atomic E-state index is 0.531. The lowest BCUT2D eigenvalue weighted by atomic mass is 10.2. The normalized spacial score (nSPS) is 10.5. The topological polar surface area (TPSA) is 21.3 Å². The Bertz CT molecular complexity index is 616. The smallest absolute Gasteiger partial charge is 0.137 e. The van der Waals surface area contributed by atoms with Crippen LogP contribution in [0.25, 0.3) is 0 Å². The molecule has 0 heterocycles. The number of ether oxygens (including phenoxy) is 1. The average molecular weight is 345 g/mol. The van der Waals surface area contributed by atoms with E-state index in [-0.39, 0.29) is 0 Å². The zero-order valence-corrected chi connectivity index (χ0v) is 13.9. The summed E-state index contributed by atoms with van der Waals surface area (Å²) >= 11 is 18.1. The second kappa shape index (κ2) is 7.79. The zero-order chi connectivity index (χ0) is 15.2. The predicted octanol–water partition coefficient (Wildman–Crippen LogP) is 6.05. The fourth-order valence-electron chi connectivity index (χ4n) is 1.79. The molecule has 0 fully saturated rings. The van der Waals surface area contributed by atoms with Crippen molar-refractivity contribution in [2.24, 2.45) is 0 Å². The molecule has 0 aliphatic carbocycles. The van der Waals surface area contributed by atoms with Gasteiger partial charge >= 0.3 is 0 Å². The molecule has 2 aromatic carbocycles. The van der Waals surface area contributed by atoms with Gasteiger partial charge in [-0.2, -0.15) is 0 Å². The molecule has 0 radical (unpaired) electrons. The Morgan fingerprint density at radius 3 is 2.43 bits per heavy atom. The van der Waals surface area contributed by atoms with Gasteiger partial charge < -0.3 is 10.1 Å². The summed E-state index contributed by atoms with van der Waals surface area (Å²) in [7, 11) is 0. The molecule has 0 saturated heterocycles. The highest BCUT2D eigenvalue weighted by molar-refractivity contribution is 6.42. The highest BCUT2D eigenvalue weighted by atomic mass is 35.5. The lowest BCUT2D eigenvalue weighted by Crippen LogP contribution is -2.00. The first-order chi connectivity index (χ1) is 10.1. The SMILES string of the molecule is CCCOc1ccc(CNc2ccc(Cl)c(Cl)c2)cc1Cl. The van der Waals surface area contributed by atoms with Crippen molar-refractivity contribution in [3.8, 4) is 5.75 Å². The van der Waals surface area contributed by atoms with Crippen molar-refractivity contribution in [1.29, 1.82) is 0 Å². The Morgan fingerprint density at radius 1 is 0.952 bits per heavy atom. The van der Waals surface area contributed by atoms with E-state index < -0.39 is 0 Å². The molecule has 0 amide bonds. The van der Waals surface area contributed by atoms with Crippen LogP contribution < -0.4 is 10.1 Å². The van der Waals surface area contributed by atoms with Crippen LogP contribution in [0.5, 0.6) is 5.75 Å². The summed E-state index contributed by atoms with van der Waals surface area (Å²) in [5.41, 5.74) is 1.97. The summed E-state index contributed by atoms with van der Waals surface area (Å²) in [6.45, 7) is 3.37. The summed E-state index contributed by atoms with van der Waals surface area (Å²) in [5, 5.41) is 4.97. The monoisotopic (exact) mass is 343 g/mol. The van der Waals surface area contributed by atoms with Crippen LogP contribution in [-0.2, 0) is 6.54 Å². The maximum atomic E-state index is 6.20. The second-order valence-corrected chi connectivity index (χ2v) is 5.82. The highest BCUT2D eigenvalue weighted by Crippen LogP contribution is 2.27. The molecule has 2 nitrogen and oxygen atoms in total. The molecule has 0 bridgehead atoms. The van der Waals surface area contributed by atoms with Gasteiger partial charge in [0, 0.05) is 12.2 Å². The lowest BCUT2D eigenvalue weighted by molar-refractivity contribution is 0.317. The number of nitrogens with one attached hydrogen (secondary N) is 1. The first kappa shape index (κ1) is 16.3. The maximum absolute atomic E-state index is 6.20. The highest BCUT2D eigenvalue weighted by Gasteiger charge is 2.04. The molecule has 2 aromatic rings. The van der Waals surface area contributed by atoms with Gasteiger partial charge in [-0.1, -0.05) is 47.8 Å². The van der Waals surface area contributed by atoms with E-state index in [0.717, 1.165) is 23.4 Å². The van der Waals surface area contributed by atoms with Crippen molar-refractivity contribution in [3.05, 3.63) is 57.0 Å². The predicted molar refractivity (Wildman–Crippen MR) is 91.0 cm³/mol. The number of halogens is 3. The first-order valence-electron chi connectivity index (χ1n) is 6.70. The standard InChI is InChI=1S/C16H16Cl3NO/c1-2-7-21-16-6-3-11(8-15(16)19)10-20-12-4-5-13(17)14(18)9-12/h3-6,8-9,20H,2,7,10H2,1H3. The Kier molecular flexibility index (Phi) is 6.04. The summed E-state index contributed by atoms with van der Waals surface area (Å²) in [6.07, 6.45) is 0.955. The fourth-order valence-corrected chi connectivity index (χ4v) is 2.35. The van der Waals surface area contributed by atoms with E-state index in [9.17, 15) is 0 Å². The minimum Gasteiger partial charge on any atom is -0.492 e. The van der Waals surface area contributed by atoms with E-state index in [4.69, 9.17) is 39.5 Å². The van der Waals surface area contributed by atoms with Crippen LogP contribution in [0.1, 0.15) is 18.9 Å². The molecule has 0 aromatic heterocycles. The Balaban J connectivity index is 1.99. The van der Waals surface area contributed by atoms with E-state index in [1.807, 2.05) is 24.3 Å². The Hall–Kier alpha value is -1.09. The number of hydrogen-bond donors (Lipinski definition) is 1. The molecule has 0 aliphatic rings. The van der Waals surface area contributed by atoms with Gasteiger partial charge in [-0.05, 0) is 42.3 Å². The van der Waals surface area contributed by atoms with Crippen molar-refractivity contribution in [2.75, 3.05) is 11.9 Å². The fraction of sp³-hybridized carbons (Fsp3) is 0.250. The number of hydrogen-bond acceptors (Lipinski definition) is 2. The third kappa shape index (κ3) is 4.70. The van der Waals surface area contributed by atoms with Gasteiger partial charge in [0.1, 0.15) is 5.75 Å². The molecule has 0 unspecified atom stereocenters. The van der Waals surface area contributed by atoms with Crippen molar-refractivity contribution < 1.29 is 4.74 Å². The molecule has 5 heteroatoms. The van der Waals surface area contributed by atoms with Crippen molar-refractivity contribution >= 4 is 40.5 Å². The number of rotatable bonds is 6. The van der Waals surface area contributed by atoms with Crippen LogP contribution >= 0.6 is 34.8 Å². The third-order valence-electron chi connectivity index (χ3n) is 2.87. The second-order valence-electron chi connectivity index (χ2n) is 4.60. The van der Waals surface area contributed by atoms with Crippen LogP contribution in [0.15, 0.2) is 36.4 Å². The first-order valence-corrected chi connectivity index (χ1v) is 7.83. The lowest BCUT2D eigenvalue weighted by Gasteiger charge is -2.10. The number of benzene rings is 2. The van der Waals surface area contributed by atoms with E-state index in [2.05, 4.69) is 12.2 Å². The Morgan fingerprint density at radius 2 is 1.76 bits per heavy atom. The van der Waals surface area contributed by atoms with Crippen LogP contribution in [0.4, 0.5) is 5.69 Å². The summed E-state index contributed by atoms with van der Waals surface area (Å²) < 4.78 is 5.55. The third-order valence-corrected chi connectivity index (χ3v) is 3.91. The van der Waals surface area contributed by atoms with E-state index in [1.54, 1.807) is 12.1 Å². The van der Waals surface area contributed by atoms with Crippen LogP contribution in [-0.4, -0.2) is 6.61 Å². The molecule has 0 spiro atoms. The van der Waals surface area contributed by atoms with Crippen LogP contribution in [0.2, 0.25) is 15.1 Å². The van der Waals surface area contributed by atoms with Gasteiger partial charge in [0.05, 0.1) is 21.7 Å². The molecule has 21 heavy (non-hydrogen) atoms. The minimum absolute atomic E-state index is 0.531. The molecular formula is C16H16Cl3NO. The van der Waals surface area contributed by atoms with E-state index in [1.165, 1.54) is 0 Å². The van der Waals surface area contributed by atoms with Crippen molar-refractivity contribution in [2.45, 2.75) is 19.9 Å². The molecule has 0 atom stereocenters. The van der Waals surface area contributed by atoms with Crippen LogP contribution in [0, 0.1) is 0 Å². The zero-order valence-electron chi connectivity index (χ0n) is 11.6. The van der Waals surface area contributed by atoms with Crippen LogP contribution in [0.3, 0.4) is 0 Å². The maximum Gasteiger partial charge on any atom is 0.137 e. The molecular weight excluding hydrogens is 329 g/mol. The van der Waals surface area contributed by atoms with Crippen molar-refractivity contribution in [3.63, 3.8) is 0 Å². The number of anilines is 1. The van der Waals surface area contributed by atoms with Gasteiger partial charge in [-0.15, -0.1) is 0 Å². The van der Waals surface area contributed by atoms with Gasteiger partial charge in [0.2, 0.25) is 0 Å². The molecule has 2 rings (SSSR count). The summed E-state index contributed by atoms with van der Waals surface area (Å²) in [4.78, 5) is 0. The quantitative estimate of drug-likeness (QED) is 0.689. The average Bonchev–Trinajstić information content (AvgIpc) is 2.47. The molecule has 0 aliphatic heterocycles.